The van der Waals surface area contributed by atoms with Crippen molar-refractivity contribution in [2.75, 3.05) is 37.6 Å². The highest BCUT2D eigenvalue weighted by Crippen LogP contribution is 2.13. The highest BCUT2D eigenvalue weighted by atomic mass is 35.5. The number of halogens is 1. The zero-order valence-electron chi connectivity index (χ0n) is 12.5. The highest BCUT2D eigenvalue weighted by Gasteiger charge is 2.44. The van der Waals surface area contributed by atoms with E-state index in [1.54, 1.807) is 6.07 Å². The fourth-order valence-corrected chi connectivity index (χ4v) is 3.28. The summed E-state index contributed by atoms with van der Waals surface area (Å²) in [5.41, 5.74) is 0. The average Bonchev–Trinajstić information content (AvgIpc) is 2.82. The number of nitrogens with zero attached hydrogens (tertiary/aromatic N) is 4. The van der Waals surface area contributed by atoms with Crippen molar-refractivity contribution in [1.29, 1.82) is 0 Å². The van der Waals surface area contributed by atoms with Gasteiger partial charge in [0.2, 0.25) is 5.91 Å². The van der Waals surface area contributed by atoms with Gasteiger partial charge in [0, 0.05) is 6.54 Å². The predicted octanol–water partition coefficient (Wildman–Crippen LogP) is -1.02. The zero-order chi connectivity index (χ0) is 15.7. The lowest BCUT2D eigenvalue weighted by molar-refractivity contribution is -0.915. The van der Waals surface area contributed by atoms with E-state index in [2.05, 4.69) is 15.1 Å². The number of quaternary nitrogens is 1. The molecule has 2 fully saturated rings. The molecule has 2 saturated heterocycles. The second kappa shape index (κ2) is 6.18. The second-order valence-corrected chi connectivity index (χ2v) is 5.98. The van der Waals surface area contributed by atoms with Crippen LogP contribution in [0.1, 0.15) is 13.3 Å². The molecule has 118 valence electrons. The van der Waals surface area contributed by atoms with Crippen LogP contribution in [-0.4, -0.2) is 65.7 Å². The van der Waals surface area contributed by atoms with Gasteiger partial charge in [0.1, 0.15) is 0 Å². The molecular weight excluding hydrogens is 306 g/mol. The Bertz CT molecular complexity index is 571. The van der Waals surface area contributed by atoms with Gasteiger partial charge in [-0.25, -0.2) is 0 Å². The van der Waals surface area contributed by atoms with Gasteiger partial charge in [0.25, 0.3) is 5.91 Å². The van der Waals surface area contributed by atoms with E-state index in [1.807, 2.05) is 13.0 Å². The Morgan fingerprint density at radius 3 is 2.55 bits per heavy atom. The quantitative estimate of drug-likeness (QED) is 0.721. The Morgan fingerprint density at radius 1 is 1.27 bits per heavy atom. The van der Waals surface area contributed by atoms with Gasteiger partial charge in [-0.15, -0.1) is 10.2 Å². The average molecular weight is 325 g/mol. The molecule has 0 unspecified atom stereocenters. The van der Waals surface area contributed by atoms with Crippen LogP contribution in [0.4, 0.5) is 5.82 Å². The molecule has 0 spiro atoms. The number of anilines is 1. The van der Waals surface area contributed by atoms with E-state index in [9.17, 15) is 9.59 Å². The first-order chi connectivity index (χ1) is 10.6. The van der Waals surface area contributed by atoms with Crippen LogP contribution < -0.4 is 9.80 Å². The van der Waals surface area contributed by atoms with Crippen LogP contribution in [0, 0.1) is 0 Å². The molecule has 2 amide bonds. The summed E-state index contributed by atoms with van der Waals surface area (Å²) in [6.45, 7) is 5.50. The molecule has 1 N–H and O–H groups in total. The summed E-state index contributed by atoms with van der Waals surface area (Å²) >= 11 is 5.75. The minimum Gasteiger partial charge on any atom is -0.344 e. The van der Waals surface area contributed by atoms with Crippen molar-refractivity contribution in [1.82, 2.24) is 15.1 Å². The lowest BCUT2D eigenvalue weighted by Crippen LogP contribution is -3.19. The maximum atomic E-state index is 12.3. The maximum absolute atomic E-state index is 12.3. The lowest BCUT2D eigenvalue weighted by atomic mass is 10.1. The summed E-state index contributed by atoms with van der Waals surface area (Å²) in [7, 11) is 0. The molecule has 1 atom stereocenters. The van der Waals surface area contributed by atoms with Crippen molar-refractivity contribution in [3.05, 3.63) is 17.3 Å². The number of rotatable bonds is 3. The number of hydrogen-bond acceptors (Lipinski definition) is 5. The minimum absolute atomic E-state index is 0.0257. The molecule has 0 bridgehead atoms. The third-order valence-electron chi connectivity index (χ3n) is 4.40. The first-order valence-corrected chi connectivity index (χ1v) is 7.91. The van der Waals surface area contributed by atoms with Gasteiger partial charge < -0.3 is 9.80 Å². The van der Waals surface area contributed by atoms with Crippen LogP contribution in [0.5, 0.6) is 0 Å². The number of carbonyl (C=O) groups excluding carboxylic acids is 2. The molecule has 0 aliphatic carbocycles. The number of nitrogens with one attached hydrogen (secondary N) is 1. The van der Waals surface area contributed by atoms with Gasteiger partial charge in [-0.3, -0.25) is 14.5 Å². The van der Waals surface area contributed by atoms with Crippen LogP contribution in [0.25, 0.3) is 0 Å². The first kappa shape index (κ1) is 15.2. The van der Waals surface area contributed by atoms with Gasteiger partial charge in [0.05, 0.1) is 32.6 Å². The molecule has 1 aromatic rings. The molecule has 7 nitrogen and oxygen atoms in total. The van der Waals surface area contributed by atoms with Crippen LogP contribution in [0.3, 0.4) is 0 Å². The van der Waals surface area contributed by atoms with E-state index < -0.39 is 0 Å². The SMILES string of the molecule is CCN1C(=O)C[C@@H]([NH+]2CCN(c3ccc(Cl)nn3)CC2)C1=O. The fourth-order valence-electron chi connectivity index (χ4n) is 3.18. The van der Waals surface area contributed by atoms with E-state index in [4.69, 9.17) is 11.6 Å². The smallest absolute Gasteiger partial charge is 0.288 e. The van der Waals surface area contributed by atoms with Gasteiger partial charge in [-0.2, -0.15) is 0 Å². The van der Waals surface area contributed by atoms with E-state index >= 15 is 0 Å². The van der Waals surface area contributed by atoms with Gasteiger partial charge in [0.15, 0.2) is 17.0 Å². The van der Waals surface area contributed by atoms with Crippen molar-refractivity contribution < 1.29 is 14.5 Å². The number of aromatic nitrogens is 2. The van der Waals surface area contributed by atoms with Crippen molar-refractivity contribution in [2.24, 2.45) is 0 Å². The van der Waals surface area contributed by atoms with E-state index in [0.29, 0.717) is 18.1 Å². The lowest BCUT2D eigenvalue weighted by Gasteiger charge is -2.34. The fraction of sp³-hybridized carbons (Fsp3) is 0.571. The first-order valence-electron chi connectivity index (χ1n) is 7.53. The third-order valence-corrected chi connectivity index (χ3v) is 4.60. The Labute approximate surface area is 133 Å². The summed E-state index contributed by atoms with van der Waals surface area (Å²) in [4.78, 5) is 28.8. The predicted molar refractivity (Wildman–Crippen MR) is 80.8 cm³/mol. The summed E-state index contributed by atoms with van der Waals surface area (Å²) in [6, 6.07) is 3.36. The largest absolute Gasteiger partial charge is 0.344 e. The topological polar surface area (TPSA) is 70.8 Å². The van der Waals surface area contributed by atoms with E-state index in [-0.39, 0.29) is 17.9 Å². The monoisotopic (exact) mass is 324 g/mol. The van der Waals surface area contributed by atoms with Crippen LogP contribution in [0.15, 0.2) is 12.1 Å². The standard InChI is InChI=1S/C14H18ClN5O2/c1-2-20-13(21)9-10(14(20)22)18-5-7-19(8-6-18)12-4-3-11(15)16-17-12/h3-4,10H,2,5-9H2,1H3/p+1/t10-/m1/s1. The molecule has 0 aromatic carbocycles. The Kier molecular flexibility index (Phi) is 4.26. The number of hydrogen-bond donors (Lipinski definition) is 1. The number of amides is 2. The highest BCUT2D eigenvalue weighted by molar-refractivity contribution is 6.29. The van der Waals surface area contributed by atoms with Gasteiger partial charge >= 0.3 is 0 Å². The molecule has 3 heterocycles. The van der Waals surface area contributed by atoms with E-state index in [1.165, 1.54) is 9.80 Å². The number of carbonyl (C=O) groups is 2. The molecule has 0 radical (unpaired) electrons. The Morgan fingerprint density at radius 2 is 2.00 bits per heavy atom. The third kappa shape index (κ3) is 2.78. The Hall–Kier alpha value is -1.73. The normalized spacial score (nSPS) is 23.5. The van der Waals surface area contributed by atoms with Crippen molar-refractivity contribution >= 4 is 29.2 Å². The molecule has 0 saturated carbocycles. The maximum Gasteiger partial charge on any atom is 0.288 e. The van der Waals surface area contributed by atoms with E-state index in [0.717, 1.165) is 32.0 Å². The Balaban J connectivity index is 1.61. The number of likely N-dealkylation sites (tertiary alicyclic amines) is 1. The minimum atomic E-state index is -0.217. The van der Waals surface area contributed by atoms with Crippen LogP contribution in [0.2, 0.25) is 5.15 Å². The molecule has 2 aliphatic heterocycles. The summed E-state index contributed by atoms with van der Waals surface area (Å²) in [5.74, 6) is 0.727. The molecule has 1 aromatic heterocycles. The molecule has 8 heteroatoms. The van der Waals surface area contributed by atoms with Gasteiger partial charge in [-0.05, 0) is 19.1 Å². The molecule has 3 rings (SSSR count). The molecule has 22 heavy (non-hydrogen) atoms. The summed E-state index contributed by atoms with van der Waals surface area (Å²) < 4.78 is 0. The second-order valence-electron chi connectivity index (χ2n) is 5.59. The summed E-state index contributed by atoms with van der Waals surface area (Å²) in [6.07, 6.45) is 0.336. The van der Waals surface area contributed by atoms with Gasteiger partial charge in [-0.1, -0.05) is 11.6 Å². The summed E-state index contributed by atoms with van der Waals surface area (Å²) in [5, 5.41) is 8.32. The van der Waals surface area contributed by atoms with Crippen molar-refractivity contribution in [3.8, 4) is 0 Å². The number of likely N-dealkylation sites (N-methyl/N-ethyl adjacent to an activating group) is 1. The molecule has 2 aliphatic rings. The number of imide groups is 1. The number of piperazine rings is 1. The van der Waals surface area contributed by atoms with Crippen LogP contribution in [-0.2, 0) is 9.59 Å². The molecular formula is C14H19ClN5O2+. The van der Waals surface area contributed by atoms with Crippen LogP contribution >= 0.6 is 11.6 Å². The van der Waals surface area contributed by atoms with Crippen molar-refractivity contribution in [2.45, 2.75) is 19.4 Å². The zero-order valence-corrected chi connectivity index (χ0v) is 13.2. The van der Waals surface area contributed by atoms with Crippen molar-refractivity contribution in [3.63, 3.8) is 0 Å².